The first-order chi connectivity index (χ1) is 16.8. The number of methoxy groups -OCH3 is 3. The molecule has 1 N–H and O–H groups in total. The molecule has 184 valence electrons. The summed E-state index contributed by atoms with van der Waals surface area (Å²) in [5.41, 5.74) is 3.36. The van der Waals surface area contributed by atoms with Gasteiger partial charge in [-0.1, -0.05) is 12.1 Å². The summed E-state index contributed by atoms with van der Waals surface area (Å²) in [5.74, 6) is 1.57. The van der Waals surface area contributed by atoms with Crippen molar-refractivity contribution in [2.45, 2.75) is 24.3 Å². The molecule has 0 bridgehead atoms. The summed E-state index contributed by atoms with van der Waals surface area (Å²) >= 11 is 0. The molecular weight excluding hydrogens is 468 g/mol. The molecule has 35 heavy (non-hydrogen) atoms. The second-order valence-corrected chi connectivity index (χ2v) is 10.1. The predicted octanol–water partition coefficient (Wildman–Crippen LogP) is 3.64. The van der Waals surface area contributed by atoms with Gasteiger partial charge in [-0.25, -0.2) is 8.42 Å². The number of carbonyl (C=O) groups is 1. The van der Waals surface area contributed by atoms with Crippen molar-refractivity contribution in [1.29, 1.82) is 0 Å². The highest BCUT2D eigenvalue weighted by atomic mass is 32.2. The van der Waals surface area contributed by atoms with Crippen LogP contribution in [0.25, 0.3) is 0 Å². The first-order valence-corrected chi connectivity index (χ1v) is 12.5. The molecule has 0 radical (unpaired) electrons. The van der Waals surface area contributed by atoms with Crippen molar-refractivity contribution < 1.29 is 27.4 Å². The van der Waals surface area contributed by atoms with Crippen LogP contribution in [0.15, 0.2) is 65.6 Å². The maximum absolute atomic E-state index is 13.2. The molecule has 3 aromatic carbocycles. The summed E-state index contributed by atoms with van der Waals surface area (Å²) in [5, 5.41) is 2.91. The normalized spacial score (nSPS) is 13.6. The minimum absolute atomic E-state index is 0.162. The Hall–Kier alpha value is -3.56. The van der Waals surface area contributed by atoms with Gasteiger partial charge in [0.25, 0.3) is 0 Å². The Balaban J connectivity index is 1.46. The van der Waals surface area contributed by atoms with Gasteiger partial charge in [0.1, 0.15) is 5.75 Å². The van der Waals surface area contributed by atoms with Gasteiger partial charge in [0.05, 0.1) is 32.6 Å². The number of nitrogens with one attached hydrogen (secondary N) is 1. The number of hydrogen-bond acceptors (Lipinski definition) is 6. The Morgan fingerprint density at radius 2 is 1.63 bits per heavy atom. The van der Waals surface area contributed by atoms with Crippen molar-refractivity contribution in [2.75, 3.05) is 33.2 Å². The number of hydrogen-bond donors (Lipinski definition) is 1. The molecule has 4 rings (SSSR count). The van der Waals surface area contributed by atoms with Crippen LogP contribution in [0.3, 0.4) is 0 Å². The second-order valence-electron chi connectivity index (χ2n) is 8.16. The van der Waals surface area contributed by atoms with E-state index < -0.39 is 10.0 Å². The molecule has 0 saturated heterocycles. The maximum atomic E-state index is 13.2. The third-order valence-corrected chi connectivity index (χ3v) is 7.84. The molecule has 0 spiro atoms. The topological polar surface area (TPSA) is 94.2 Å². The first kappa shape index (κ1) is 24.6. The molecule has 0 atom stereocenters. The molecule has 0 saturated carbocycles. The summed E-state index contributed by atoms with van der Waals surface area (Å²) in [6.07, 6.45) is 0.764. The SMILES string of the molecule is COc1ccc(S(=O)(=O)N2CCc3ccc(NC(=O)Cc4ccc(OC)c(OC)c4)cc3C2)cc1. The van der Waals surface area contributed by atoms with E-state index in [1.54, 1.807) is 50.6 Å². The molecule has 1 aliphatic heterocycles. The van der Waals surface area contributed by atoms with Crippen LogP contribution in [0.4, 0.5) is 5.69 Å². The second kappa shape index (κ2) is 10.4. The van der Waals surface area contributed by atoms with E-state index in [1.165, 1.54) is 11.4 Å². The summed E-state index contributed by atoms with van der Waals surface area (Å²) in [4.78, 5) is 12.9. The zero-order chi connectivity index (χ0) is 25.0. The number of amides is 1. The van der Waals surface area contributed by atoms with Crippen LogP contribution in [0.1, 0.15) is 16.7 Å². The predicted molar refractivity (Wildman–Crippen MR) is 133 cm³/mol. The van der Waals surface area contributed by atoms with Crippen molar-refractivity contribution in [3.63, 3.8) is 0 Å². The Bertz CT molecular complexity index is 1320. The molecule has 8 nitrogen and oxygen atoms in total. The van der Waals surface area contributed by atoms with E-state index >= 15 is 0 Å². The number of benzene rings is 3. The lowest BCUT2D eigenvalue weighted by Crippen LogP contribution is -2.36. The van der Waals surface area contributed by atoms with Gasteiger partial charge < -0.3 is 19.5 Å². The highest BCUT2D eigenvalue weighted by molar-refractivity contribution is 7.89. The van der Waals surface area contributed by atoms with Crippen molar-refractivity contribution in [3.05, 3.63) is 77.4 Å². The third kappa shape index (κ3) is 5.41. The van der Waals surface area contributed by atoms with E-state index in [1.807, 2.05) is 24.3 Å². The fourth-order valence-corrected chi connectivity index (χ4v) is 5.51. The van der Waals surface area contributed by atoms with Crippen LogP contribution in [-0.2, 0) is 34.2 Å². The summed E-state index contributed by atoms with van der Waals surface area (Å²) < 4.78 is 43.4. The molecule has 1 amide bonds. The van der Waals surface area contributed by atoms with Gasteiger partial charge in [0, 0.05) is 18.8 Å². The van der Waals surface area contributed by atoms with Crippen molar-refractivity contribution in [2.24, 2.45) is 0 Å². The fraction of sp³-hybridized carbons (Fsp3) is 0.269. The largest absolute Gasteiger partial charge is 0.497 e. The number of nitrogens with zero attached hydrogens (tertiary/aromatic N) is 1. The summed E-state index contributed by atoms with van der Waals surface area (Å²) in [7, 11) is 0.994. The number of sulfonamides is 1. The van der Waals surface area contributed by atoms with Crippen LogP contribution in [0.2, 0.25) is 0 Å². The van der Waals surface area contributed by atoms with Gasteiger partial charge in [-0.3, -0.25) is 4.79 Å². The zero-order valence-electron chi connectivity index (χ0n) is 19.9. The molecule has 0 aromatic heterocycles. The van der Waals surface area contributed by atoms with E-state index in [9.17, 15) is 13.2 Å². The van der Waals surface area contributed by atoms with Gasteiger partial charge in [0.15, 0.2) is 11.5 Å². The van der Waals surface area contributed by atoms with Crippen molar-refractivity contribution >= 4 is 21.6 Å². The highest BCUT2D eigenvalue weighted by Crippen LogP contribution is 2.29. The molecule has 9 heteroatoms. The van der Waals surface area contributed by atoms with E-state index in [0.29, 0.717) is 35.9 Å². The number of rotatable bonds is 8. The van der Waals surface area contributed by atoms with Crippen LogP contribution in [0, 0.1) is 0 Å². The Morgan fingerprint density at radius 1 is 0.886 bits per heavy atom. The lowest BCUT2D eigenvalue weighted by Gasteiger charge is -2.28. The van der Waals surface area contributed by atoms with Crippen molar-refractivity contribution in [3.8, 4) is 17.2 Å². The first-order valence-electron chi connectivity index (χ1n) is 11.1. The smallest absolute Gasteiger partial charge is 0.243 e. The van der Waals surface area contributed by atoms with Crippen LogP contribution in [-0.4, -0.2) is 46.5 Å². The third-order valence-electron chi connectivity index (χ3n) is 5.98. The average molecular weight is 497 g/mol. The molecular formula is C26H28N2O6S. The van der Waals surface area contributed by atoms with Gasteiger partial charge in [-0.2, -0.15) is 4.31 Å². The standard InChI is InChI=1S/C26H28N2O6S/c1-32-22-7-9-23(10-8-22)35(30,31)28-13-12-19-5-6-21(16-20(19)17-28)27-26(29)15-18-4-11-24(33-2)25(14-18)34-3/h4-11,14,16H,12-13,15,17H2,1-3H3,(H,27,29). The molecule has 1 heterocycles. The maximum Gasteiger partial charge on any atom is 0.243 e. The van der Waals surface area contributed by atoms with Crippen LogP contribution in [0.5, 0.6) is 17.2 Å². The van der Waals surface area contributed by atoms with Gasteiger partial charge in [-0.05, 0) is 71.6 Å². The quantitative estimate of drug-likeness (QED) is 0.512. The fourth-order valence-electron chi connectivity index (χ4n) is 4.09. The monoisotopic (exact) mass is 496 g/mol. The Morgan fingerprint density at radius 3 is 2.31 bits per heavy atom. The van der Waals surface area contributed by atoms with Crippen LogP contribution < -0.4 is 19.5 Å². The van der Waals surface area contributed by atoms with E-state index in [0.717, 1.165) is 16.7 Å². The lowest BCUT2D eigenvalue weighted by molar-refractivity contribution is -0.115. The Labute approximate surface area is 205 Å². The van der Waals surface area contributed by atoms with E-state index in [4.69, 9.17) is 14.2 Å². The summed E-state index contributed by atoms with van der Waals surface area (Å²) in [6, 6.07) is 17.4. The minimum Gasteiger partial charge on any atom is -0.497 e. The molecule has 0 fully saturated rings. The van der Waals surface area contributed by atoms with Gasteiger partial charge >= 0.3 is 0 Å². The molecule has 0 unspecified atom stereocenters. The minimum atomic E-state index is -3.65. The van der Waals surface area contributed by atoms with Crippen molar-refractivity contribution in [1.82, 2.24) is 4.31 Å². The molecule has 0 aliphatic carbocycles. The number of anilines is 1. The lowest BCUT2D eigenvalue weighted by atomic mass is 10.0. The highest BCUT2D eigenvalue weighted by Gasteiger charge is 2.28. The van der Waals surface area contributed by atoms with Gasteiger partial charge in [0.2, 0.25) is 15.9 Å². The Kier molecular flexibility index (Phi) is 7.28. The molecule has 3 aromatic rings. The average Bonchev–Trinajstić information content (AvgIpc) is 2.88. The number of fused-ring (bicyclic) bond motifs is 1. The zero-order valence-corrected chi connectivity index (χ0v) is 20.7. The van der Waals surface area contributed by atoms with E-state index in [2.05, 4.69) is 5.32 Å². The summed E-state index contributed by atoms with van der Waals surface area (Å²) in [6.45, 7) is 0.634. The van der Waals surface area contributed by atoms with Gasteiger partial charge in [-0.15, -0.1) is 0 Å². The number of ether oxygens (including phenoxy) is 3. The number of carbonyl (C=O) groups excluding carboxylic acids is 1. The van der Waals surface area contributed by atoms with E-state index in [-0.39, 0.29) is 23.8 Å². The van der Waals surface area contributed by atoms with Crippen LogP contribution >= 0.6 is 0 Å². The molecule has 1 aliphatic rings.